The Balaban J connectivity index is 2.18. The van der Waals surface area contributed by atoms with Gasteiger partial charge in [-0.2, -0.15) is 0 Å². The zero-order valence-corrected chi connectivity index (χ0v) is 11.2. The smallest absolute Gasteiger partial charge is 0.328 e. The number of hydrogen-bond acceptors (Lipinski definition) is 3. The number of anilines is 1. The molecule has 1 aliphatic carbocycles. The second-order valence-corrected chi connectivity index (χ2v) is 4.92. The van der Waals surface area contributed by atoms with Crippen molar-refractivity contribution in [3.63, 3.8) is 0 Å². The SMILES string of the molecule is CCN(CC1CCC1)c1ncccc1/C=C/C(=O)O. The summed E-state index contributed by atoms with van der Waals surface area (Å²) in [6.45, 7) is 4.01. The Bertz CT molecular complexity index is 467. The van der Waals surface area contributed by atoms with Gasteiger partial charge in [0.1, 0.15) is 5.82 Å². The number of carboxylic acids is 1. The second kappa shape index (κ2) is 6.36. The highest BCUT2D eigenvalue weighted by molar-refractivity contribution is 5.86. The predicted octanol–water partition coefficient (Wildman–Crippen LogP) is 2.81. The predicted molar refractivity (Wildman–Crippen MR) is 76.1 cm³/mol. The highest BCUT2D eigenvalue weighted by atomic mass is 16.4. The Morgan fingerprint density at radius 2 is 2.37 bits per heavy atom. The minimum Gasteiger partial charge on any atom is -0.478 e. The van der Waals surface area contributed by atoms with E-state index < -0.39 is 5.97 Å². The normalized spacial score (nSPS) is 15.4. The third kappa shape index (κ3) is 3.56. The zero-order chi connectivity index (χ0) is 13.7. The number of aromatic nitrogens is 1. The van der Waals surface area contributed by atoms with E-state index in [0.29, 0.717) is 0 Å². The van der Waals surface area contributed by atoms with Crippen LogP contribution in [0.4, 0.5) is 5.82 Å². The van der Waals surface area contributed by atoms with Crippen molar-refractivity contribution in [3.05, 3.63) is 30.0 Å². The van der Waals surface area contributed by atoms with Crippen LogP contribution in [0, 0.1) is 5.92 Å². The molecule has 4 heteroatoms. The molecule has 1 aromatic heterocycles. The molecule has 1 aliphatic rings. The van der Waals surface area contributed by atoms with Crippen molar-refractivity contribution >= 4 is 17.9 Å². The molecule has 102 valence electrons. The van der Waals surface area contributed by atoms with Gasteiger partial charge in [0.05, 0.1) is 0 Å². The molecule has 0 amide bonds. The first-order valence-corrected chi connectivity index (χ1v) is 6.81. The summed E-state index contributed by atoms with van der Waals surface area (Å²) >= 11 is 0. The van der Waals surface area contributed by atoms with Crippen molar-refractivity contribution in [2.75, 3.05) is 18.0 Å². The summed E-state index contributed by atoms with van der Waals surface area (Å²) in [4.78, 5) is 17.3. The molecule has 19 heavy (non-hydrogen) atoms. The number of carboxylic acid groups (broad SMARTS) is 1. The monoisotopic (exact) mass is 260 g/mol. The minimum absolute atomic E-state index is 0.762. The van der Waals surface area contributed by atoms with Crippen molar-refractivity contribution in [2.45, 2.75) is 26.2 Å². The number of rotatable bonds is 6. The van der Waals surface area contributed by atoms with Gasteiger partial charge in [0.15, 0.2) is 0 Å². The minimum atomic E-state index is -0.933. The summed E-state index contributed by atoms with van der Waals surface area (Å²) in [5.41, 5.74) is 0.867. The molecule has 0 unspecified atom stereocenters. The van der Waals surface area contributed by atoms with Gasteiger partial charge in [-0.25, -0.2) is 9.78 Å². The Morgan fingerprint density at radius 3 is 2.95 bits per heavy atom. The van der Waals surface area contributed by atoms with Gasteiger partial charge >= 0.3 is 5.97 Å². The Hall–Kier alpha value is -1.84. The Kier molecular flexibility index (Phi) is 4.55. The molecule has 0 spiro atoms. The highest BCUT2D eigenvalue weighted by Gasteiger charge is 2.21. The Labute approximate surface area is 113 Å². The van der Waals surface area contributed by atoms with E-state index in [0.717, 1.165) is 36.5 Å². The average Bonchev–Trinajstić information content (AvgIpc) is 2.36. The summed E-state index contributed by atoms with van der Waals surface area (Å²) < 4.78 is 0. The van der Waals surface area contributed by atoms with Crippen LogP contribution >= 0.6 is 0 Å². The van der Waals surface area contributed by atoms with Gasteiger partial charge in [0.25, 0.3) is 0 Å². The molecule has 0 radical (unpaired) electrons. The first kappa shape index (κ1) is 13.6. The number of pyridine rings is 1. The first-order chi connectivity index (χ1) is 9.20. The van der Waals surface area contributed by atoms with Crippen LogP contribution in [0.25, 0.3) is 6.08 Å². The fraction of sp³-hybridized carbons (Fsp3) is 0.467. The van der Waals surface area contributed by atoms with E-state index in [2.05, 4.69) is 16.8 Å². The van der Waals surface area contributed by atoms with Crippen molar-refractivity contribution in [1.29, 1.82) is 0 Å². The van der Waals surface area contributed by atoms with Gasteiger partial charge in [-0.05, 0) is 43.9 Å². The summed E-state index contributed by atoms with van der Waals surface area (Å²) in [5, 5.41) is 8.73. The van der Waals surface area contributed by atoms with Crippen LogP contribution in [0.3, 0.4) is 0 Å². The van der Waals surface area contributed by atoms with Gasteiger partial charge in [0.2, 0.25) is 0 Å². The van der Waals surface area contributed by atoms with Crippen molar-refractivity contribution in [2.24, 2.45) is 5.92 Å². The molecule has 0 saturated heterocycles. The van der Waals surface area contributed by atoms with Gasteiger partial charge < -0.3 is 10.0 Å². The molecular formula is C15H20N2O2. The molecule has 1 fully saturated rings. The molecule has 0 aliphatic heterocycles. The number of hydrogen-bond donors (Lipinski definition) is 1. The second-order valence-electron chi connectivity index (χ2n) is 4.92. The molecule has 1 saturated carbocycles. The maximum atomic E-state index is 10.6. The molecule has 2 rings (SSSR count). The fourth-order valence-electron chi connectivity index (χ4n) is 2.32. The van der Waals surface area contributed by atoms with Crippen LogP contribution in [0.5, 0.6) is 0 Å². The van der Waals surface area contributed by atoms with E-state index in [9.17, 15) is 4.79 Å². The van der Waals surface area contributed by atoms with E-state index in [1.165, 1.54) is 19.3 Å². The van der Waals surface area contributed by atoms with Gasteiger partial charge in [-0.1, -0.05) is 6.42 Å². The lowest BCUT2D eigenvalue weighted by molar-refractivity contribution is -0.131. The Morgan fingerprint density at radius 1 is 1.58 bits per heavy atom. The van der Waals surface area contributed by atoms with Crippen LogP contribution in [0.15, 0.2) is 24.4 Å². The first-order valence-electron chi connectivity index (χ1n) is 6.81. The summed E-state index contributed by atoms with van der Waals surface area (Å²) in [6, 6.07) is 3.74. The zero-order valence-electron chi connectivity index (χ0n) is 11.2. The maximum Gasteiger partial charge on any atom is 0.328 e. The highest BCUT2D eigenvalue weighted by Crippen LogP contribution is 2.29. The molecule has 0 bridgehead atoms. The third-order valence-corrected chi connectivity index (χ3v) is 3.61. The van der Waals surface area contributed by atoms with E-state index >= 15 is 0 Å². The van der Waals surface area contributed by atoms with Gasteiger partial charge in [0, 0.05) is 30.9 Å². The lowest BCUT2D eigenvalue weighted by atomic mass is 9.85. The van der Waals surface area contributed by atoms with E-state index in [4.69, 9.17) is 5.11 Å². The van der Waals surface area contributed by atoms with Crippen LogP contribution in [0.2, 0.25) is 0 Å². The van der Waals surface area contributed by atoms with Crippen molar-refractivity contribution in [3.8, 4) is 0 Å². The lowest BCUT2D eigenvalue weighted by Gasteiger charge is -2.33. The van der Waals surface area contributed by atoms with E-state index in [1.807, 2.05) is 12.1 Å². The van der Waals surface area contributed by atoms with Crippen LogP contribution in [-0.4, -0.2) is 29.1 Å². The molecule has 1 N–H and O–H groups in total. The van der Waals surface area contributed by atoms with Crippen LogP contribution in [0.1, 0.15) is 31.7 Å². The summed E-state index contributed by atoms with van der Waals surface area (Å²) in [6.07, 6.45) is 8.46. The summed E-state index contributed by atoms with van der Waals surface area (Å²) in [7, 11) is 0. The number of nitrogens with zero attached hydrogens (tertiary/aromatic N) is 2. The van der Waals surface area contributed by atoms with Gasteiger partial charge in [-0.3, -0.25) is 0 Å². The largest absolute Gasteiger partial charge is 0.478 e. The number of carbonyl (C=O) groups is 1. The lowest BCUT2D eigenvalue weighted by Crippen LogP contribution is -2.33. The molecule has 4 nitrogen and oxygen atoms in total. The molecule has 1 heterocycles. The molecule has 1 aromatic rings. The average molecular weight is 260 g/mol. The fourth-order valence-corrected chi connectivity index (χ4v) is 2.32. The van der Waals surface area contributed by atoms with Gasteiger partial charge in [-0.15, -0.1) is 0 Å². The molecule has 0 aromatic carbocycles. The van der Waals surface area contributed by atoms with E-state index in [1.54, 1.807) is 12.3 Å². The van der Waals surface area contributed by atoms with E-state index in [-0.39, 0.29) is 0 Å². The summed E-state index contributed by atoms with van der Waals surface area (Å²) in [5.74, 6) is 0.713. The topological polar surface area (TPSA) is 53.4 Å². The standard InChI is InChI=1S/C15H20N2O2/c1-2-17(11-12-5-3-6-12)15-13(7-4-10-16-15)8-9-14(18)19/h4,7-10,12H,2-3,5-6,11H2,1H3,(H,18,19)/b9-8+. The third-order valence-electron chi connectivity index (χ3n) is 3.61. The quantitative estimate of drug-likeness (QED) is 0.799. The number of aliphatic carboxylic acids is 1. The van der Waals surface area contributed by atoms with Crippen LogP contribution in [-0.2, 0) is 4.79 Å². The maximum absolute atomic E-state index is 10.6. The molecule has 0 atom stereocenters. The van der Waals surface area contributed by atoms with Crippen molar-refractivity contribution < 1.29 is 9.90 Å². The molecular weight excluding hydrogens is 240 g/mol. The van der Waals surface area contributed by atoms with Crippen molar-refractivity contribution in [1.82, 2.24) is 4.98 Å². The van der Waals surface area contributed by atoms with Crippen LogP contribution < -0.4 is 4.90 Å².